The molecule has 0 saturated heterocycles. The molecule has 2 nitrogen and oxygen atoms in total. The Bertz CT molecular complexity index is 224. The second kappa shape index (κ2) is 7.22. The van der Waals surface area contributed by atoms with Gasteiger partial charge in [0, 0.05) is 18.7 Å². The lowest BCUT2D eigenvalue weighted by Gasteiger charge is -2.07. The maximum absolute atomic E-state index is 5.21. The highest BCUT2D eigenvalue weighted by molar-refractivity contribution is 5.18. The van der Waals surface area contributed by atoms with E-state index >= 15 is 0 Å². The van der Waals surface area contributed by atoms with Crippen molar-refractivity contribution in [3.63, 3.8) is 0 Å². The van der Waals surface area contributed by atoms with Gasteiger partial charge in [0.05, 0.1) is 0 Å². The summed E-state index contributed by atoms with van der Waals surface area (Å²) in [6, 6.07) is 0. The van der Waals surface area contributed by atoms with Gasteiger partial charge < -0.3 is 11.1 Å². The molecule has 72 valence electrons. The number of nitrogens with one attached hydrogen (secondary N) is 1. The van der Waals surface area contributed by atoms with Crippen LogP contribution in [0, 0.1) is 0 Å². The summed E-state index contributed by atoms with van der Waals surface area (Å²) in [5, 5.41) is 3.18. The van der Waals surface area contributed by atoms with Crippen LogP contribution in [0.4, 0.5) is 0 Å². The predicted molar refractivity (Wildman–Crippen MR) is 59.0 cm³/mol. The van der Waals surface area contributed by atoms with Crippen LogP contribution >= 0.6 is 0 Å². The first-order valence-electron chi connectivity index (χ1n) is 4.30. The van der Waals surface area contributed by atoms with Gasteiger partial charge in [-0.1, -0.05) is 31.4 Å². The van der Waals surface area contributed by atoms with Crippen LogP contribution in [0.25, 0.3) is 0 Å². The average molecular weight is 178 g/mol. The van der Waals surface area contributed by atoms with Crippen LogP contribution in [0.1, 0.15) is 13.3 Å². The highest BCUT2D eigenvalue weighted by atomic mass is 14.9. The summed E-state index contributed by atoms with van der Waals surface area (Å²) >= 11 is 0. The molecule has 13 heavy (non-hydrogen) atoms. The second-order valence-electron chi connectivity index (χ2n) is 2.66. The molecule has 0 aromatic rings. The molecule has 0 aliphatic carbocycles. The SMILES string of the molecule is C=C/C(=C\C)CNC(=C)C/C=C\N. The smallest absolute Gasteiger partial charge is 0.0394 e. The Hall–Kier alpha value is -1.44. The molecule has 0 aliphatic rings. The summed E-state index contributed by atoms with van der Waals surface area (Å²) in [4.78, 5) is 0. The van der Waals surface area contributed by atoms with Gasteiger partial charge in [-0.25, -0.2) is 0 Å². The van der Waals surface area contributed by atoms with Crippen molar-refractivity contribution >= 4 is 0 Å². The summed E-state index contributed by atoms with van der Waals surface area (Å²) in [6.45, 7) is 10.3. The molecule has 0 fully saturated rings. The van der Waals surface area contributed by atoms with Crippen molar-refractivity contribution in [2.24, 2.45) is 5.73 Å². The third-order valence-corrected chi connectivity index (χ3v) is 1.68. The van der Waals surface area contributed by atoms with Gasteiger partial charge in [-0.15, -0.1) is 0 Å². The van der Waals surface area contributed by atoms with Crippen LogP contribution < -0.4 is 11.1 Å². The van der Waals surface area contributed by atoms with E-state index in [1.54, 1.807) is 0 Å². The fourth-order valence-electron chi connectivity index (χ4n) is 0.802. The summed E-state index contributed by atoms with van der Waals surface area (Å²) in [7, 11) is 0. The molecule has 3 N–H and O–H groups in total. The zero-order valence-electron chi connectivity index (χ0n) is 8.22. The van der Waals surface area contributed by atoms with Gasteiger partial charge in [0.25, 0.3) is 0 Å². The van der Waals surface area contributed by atoms with E-state index < -0.39 is 0 Å². The average Bonchev–Trinajstić information content (AvgIpc) is 2.16. The number of hydrogen-bond donors (Lipinski definition) is 2. The second-order valence-corrected chi connectivity index (χ2v) is 2.66. The van der Waals surface area contributed by atoms with E-state index in [1.165, 1.54) is 6.20 Å². The number of allylic oxidation sites excluding steroid dienone is 2. The van der Waals surface area contributed by atoms with Crippen molar-refractivity contribution in [3.05, 3.63) is 48.9 Å². The Morgan fingerprint density at radius 2 is 2.23 bits per heavy atom. The van der Waals surface area contributed by atoms with Gasteiger partial charge in [0.1, 0.15) is 0 Å². The molecule has 0 amide bonds. The Morgan fingerprint density at radius 1 is 1.54 bits per heavy atom. The van der Waals surface area contributed by atoms with Gasteiger partial charge in [-0.3, -0.25) is 0 Å². The Morgan fingerprint density at radius 3 is 2.69 bits per heavy atom. The lowest BCUT2D eigenvalue weighted by atomic mass is 10.2. The van der Waals surface area contributed by atoms with Crippen LogP contribution in [-0.2, 0) is 0 Å². The number of nitrogens with two attached hydrogens (primary N) is 1. The molecular weight excluding hydrogens is 160 g/mol. The van der Waals surface area contributed by atoms with E-state index in [2.05, 4.69) is 18.5 Å². The number of rotatable bonds is 6. The minimum atomic E-state index is 0.768. The quantitative estimate of drug-likeness (QED) is 0.611. The van der Waals surface area contributed by atoms with E-state index in [1.807, 2.05) is 25.2 Å². The summed E-state index contributed by atoms with van der Waals surface area (Å²) < 4.78 is 0. The van der Waals surface area contributed by atoms with Crippen molar-refractivity contribution in [1.29, 1.82) is 0 Å². The Kier molecular flexibility index (Phi) is 6.42. The molecule has 0 aromatic carbocycles. The van der Waals surface area contributed by atoms with E-state index in [9.17, 15) is 0 Å². The van der Waals surface area contributed by atoms with Crippen LogP contribution in [0.3, 0.4) is 0 Å². The van der Waals surface area contributed by atoms with Crippen molar-refractivity contribution in [2.75, 3.05) is 6.54 Å². The first-order valence-corrected chi connectivity index (χ1v) is 4.30. The van der Waals surface area contributed by atoms with Crippen molar-refractivity contribution in [3.8, 4) is 0 Å². The molecule has 0 unspecified atom stereocenters. The molecule has 0 atom stereocenters. The van der Waals surface area contributed by atoms with Gasteiger partial charge in [-0.2, -0.15) is 0 Å². The third kappa shape index (κ3) is 5.79. The maximum atomic E-state index is 5.21. The highest BCUT2D eigenvalue weighted by Gasteiger charge is 1.91. The van der Waals surface area contributed by atoms with Gasteiger partial charge in [0.2, 0.25) is 0 Å². The van der Waals surface area contributed by atoms with E-state index in [0.29, 0.717) is 0 Å². The topological polar surface area (TPSA) is 38.0 Å². The fraction of sp³-hybridized carbons (Fsp3) is 0.273. The molecule has 0 spiro atoms. The lowest BCUT2D eigenvalue weighted by molar-refractivity contribution is 0.856. The van der Waals surface area contributed by atoms with Gasteiger partial charge in [0.15, 0.2) is 0 Å². The Balaban J connectivity index is 3.75. The van der Waals surface area contributed by atoms with Crippen molar-refractivity contribution < 1.29 is 0 Å². The molecule has 2 heteroatoms. The third-order valence-electron chi connectivity index (χ3n) is 1.68. The fourth-order valence-corrected chi connectivity index (χ4v) is 0.802. The van der Waals surface area contributed by atoms with E-state index in [4.69, 9.17) is 5.73 Å². The van der Waals surface area contributed by atoms with Gasteiger partial charge >= 0.3 is 0 Å². The predicted octanol–water partition coefficient (Wildman–Crippen LogP) is 2.08. The summed E-state index contributed by atoms with van der Waals surface area (Å²) in [5.74, 6) is 0. The molecule has 0 aliphatic heterocycles. The van der Waals surface area contributed by atoms with Crippen LogP contribution in [0.2, 0.25) is 0 Å². The summed E-state index contributed by atoms with van der Waals surface area (Å²) in [5.41, 5.74) is 7.33. The largest absolute Gasteiger partial charge is 0.405 e. The van der Waals surface area contributed by atoms with Crippen LogP contribution in [0.15, 0.2) is 48.9 Å². The molecule has 0 saturated carbocycles. The standard InChI is InChI=1S/C11H18N2/c1-4-11(5-2)9-13-10(3)7-6-8-12/h4-6,8,13H,1,3,7,9,12H2,2H3/b8-6-,11-5+. The van der Waals surface area contributed by atoms with Gasteiger partial charge in [-0.05, 0) is 18.7 Å². The minimum Gasteiger partial charge on any atom is -0.405 e. The number of hydrogen-bond acceptors (Lipinski definition) is 2. The zero-order valence-corrected chi connectivity index (χ0v) is 8.22. The van der Waals surface area contributed by atoms with E-state index in [-0.39, 0.29) is 0 Å². The minimum absolute atomic E-state index is 0.768. The molecule has 0 radical (unpaired) electrons. The summed E-state index contributed by atoms with van der Waals surface area (Å²) in [6.07, 6.45) is 8.01. The monoisotopic (exact) mass is 178 g/mol. The lowest BCUT2D eigenvalue weighted by Crippen LogP contribution is -2.14. The van der Waals surface area contributed by atoms with Crippen LogP contribution in [-0.4, -0.2) is 6.54 Å². The normalized spacial score (nSPS) is 11.6. The van der Waals surface area contributed by atoms with Crippen molar-refractivity contribution in [2.45, 2.75) is 13.3 Å². The highest BCUT2D eigenvalue weighted by Crippen LogP contribution is 1.97. The van der Waals surface area contributed by atoms with Crippen LogP contribution in [0.5, 0.6) is 0 Å². The zero-order chi connectivity index (χ0) is 10.1. The molecule has 0 rings (SSSR count). The molecule has 0 bridgehead atoms. The maximum Gasteiger partial charge on any atom is 0.0394 e. The molecule has 0 heterocycles. The Labute approximate surface area is 80.5 Å². The molecular formula is C11H18N2. The van der Waals surface area contributed by atoms with Crippen molar-refractivity contribution in [1.82, 2.24) is 5.32 Å². The first-order chi connectivity index (χ1) is 6.24. The first kappa shape index (κ1) is 11.6. The molecule has 0 aromatic heterocycles. The van der Waals surface area contributed by atoms with E-state index in [0.717, 1.165) is 24.2 Å².